The van der Waals surface area contributed by atoms with Crippen LogP contribution in [-0.4, -0.2) is 7.11 Å². The molecule has 0 unspecified atom stereocenters. The van der Waals surface area contributed by atoms with Crippen molar-refractivity contribution in [2.75, 3.05) is 7.11 Å². The minimum Gasteiger partial charge on any atom is -0.497 e. The molecule has 0 aromatic heterocycles. The van der Waals surface area contributed by atoms with Gasteiger partial charge >= 0.3 is 0 Å². The molecule has 0 bridgehead atoms. The van der Waals surface area contributed by atoms with Crippen LogP contribution >= 0.6 is 0 Å². The second kappa shape index (κ2) is 4.64. The maximum atomic E-state index is 8.53. The molecule has 1 aromatic rings. The number of aryl methyl sites for hydroxylation is 1. The number of nitriles is 1. The summed E-state index contributed by atoms with van der Waals surface area (Å²) in [5, 5.41) is 8.53. The molecule has 1 atom stereocenters. The number of nitrogens with zero attached hydrogens (tertiary/aromatic N) is 1. The Balaban J connectivity index is 2.97. The first-order chi connectivity index (χ1) is 6.67. The van der Waals surface area contributed by atoms with Gasteiger partial charge < -0.3 is 10.5 Å². The summed E-state index contributed by atoms with van der Waals surface area (Å²) in [6.07, 6.45) is 0.326. The molecule has 0 aliphatic carbocycles. The van der Waals surface area contributed by atoms with Gasteiger partial charge in [-0.25, -0.2) is 0 Å². The van der Waals surface area contributed by atoms with E-state index in [4.69, 9.17) is 15.7 Å². The van der Waals surface area contributed by atoms with E-state index in [0.29, 0.717) is 6.42 Å². The summed E-state index contributed by atoms with van der Waals surface area (Å²) in [5.41, 5.74) is 7.86. The molecule has 74 valence electrons. The van der Waals surface area contributed by atoms with Crippen LogP contribution in [0.2, 0.25) is 0 Å². The summed E-state index contributed by atoms with van der Waals surface area (Å²) < 4.78 is 5.13. The SMILES string of the molecule is COc1cc(C)cc([C@@H](N)CC#N)c1. The Morgan fingerprint density at radius 1 is 1.50 bits per heavy atom. The van der Waals surface area contributed by atoms with Crippen LogP contribution in [0, 0.1) is 18.3 Å². The average molecular weight is 190 g/mol. The van der Waals surface area contributed by atoms with Gasteiger partial charge in [-0.2, -0.15) is 5.26 Å². The Kier molecular flexibility index (Phi) is 3.49. The normalized spacial score (nSPS) is 11.9. The Morgan fingerprint density at radius 3 is 2.79 bits per heavy atom. The van der Waals surface area contributed by atoms with Gasteiger partial charge in [0.25, 0.3) is 0 Å². The van der Waals surface area contributed by atoms with Crippen LogP contribution in [-0.2, 0) is 0 Å². The molecule has 0 saturated carbocycles. The van der Waals surface area contributed by atoms with Crippen LogP contribution in [0.4, 0.5) is 0 Å². The summed E-state index contributed by atoms with van der Waals surface area (Å²) in [6, 6.07) is 7.61. The third-order valence-electron chi connectivity index (χ3n) is 2.05. The quantitative estimate of drug-likeness (QED) is 0.792. The van der Waals surface area contributed by atoms with Crippen LogP contribution in [0.25, 0.3) is 0 Å². The van der Waals surface area contributed by atoms with Gasteiger partial charge in [0.2, 0.25) is 0 Å². The van der Waals surface area contributed by atoms with Crippen molar-refractivity contribution in [1.82, 2.24) is 0 Å². The molecule has 0 saturated heterocycles. The van der Waals surface area contributed by atoms with E-state index in [-0.39, 0.29) is 6.04 Å². The number of ether oxygens (including phenoxy) is 1. The van der Waals surface area contributed by atoms with Crippen molar-refractivity contribution in [2.45, 2.75) is 19.4 Å². The standard InChI is InChI=1S/C11H14N2O/c1-8-5-9(11(13)3-4-12)7-10(6-8)14-2/h5-7,11H,3,13H2,1-2H3/t11-/m0/s1. The van der Waals surface area contributed by atoms with Gasteiger partial charge in [0.1, 0.15) is 5.75 Å². The lowest BCUT2D eigenvalue weighted by molar-refractivity contribution is 0.413. The number of nitrogens with two attached hydrogens (primary N) is 1. The lowest BCUT2D eigenvalue weighted by Crippen LogP contribution is -2.09. The van der Waals surface area contributed by atoms with Crippen molar-refractivity contribution in [1.29, 1.82) is 5.26 Å². The van der Waals surface area contributed by atoms with Crippen molar-refractivity contribution < 1.29 is 4.74 Å². The molecule has 0 radical (unpaired) electrons. The highest BCUT2D eigenvalue weighted by Gasteiger charge is 2.07. The van der Waals surface area contributed by atoms with Crippen molar-refractivity contribution in [3.63, 3.8) is 0 Å². The molecule has 1 rings (SSSR count). The lowest BCUT2D eigenvalue weighted by Gasteiger charge is -2.10. The Morgan fingerprint density at radius 2 is 2.21 bits per heavy atom. The van der Waals surface area contributed by atoms with Gasteiger partial charge in [-0.3, -0.25) is 0 Å². The zero-order valence-corrected chi connectivity index (χ0v) is 8.45. The third kappa shape index (κ3) is 2.48. The van der Waals surface area contributed by atoms with Crippen molar-refractivity contribution in [3.05, 3.63) is 29.3 Å². The van der Waals surface area contributed by atoms with Gasteiger partial charge in [0.05, 0.1) is 19.6 Å². The molecular formula is C11H14N2O. The molecule has 3 nitrogen and oxygen atoms in total. The molecule has 0 aliphatic rings. The Hall–Kier alpha value is -1.53. The van der Waals surface area contributed by atoms with Gasteiger partial charge in [-0.1, -0.05) is 6.07 Å². The summed E-state index contributed by atoms with van der Waals surface area (Å²) >= 11 is 0. The van der Waals surface area contributed by atoms with E-state index < -0.39 is 0 Å². The van der Waals surface area contributed by atoms with E-state index in [0.717, 1.165) is 16.9 Å². The minimum absolute atomic E-state index is 0.228. The van der Waals surface area contributed by atoms with E-state index in [9.17, 15) is 0 Å². The van der Waals surface area contributed by atoms with E-state index in [1.54, 1.807) is 7.11 Å². The first-order valence-electron chi connectivity index (χ1n) is 4.45. The molecule has 1 aromatic carbocycles. The second-order valence-electron chi connectivity index (χ2n) is 3.25. The molecule has 2 N–H and O–H groups in total. The zero-order chi connectivity index (χ0) is 10.6. The summed E-state index contributed by atoms with van der Waals surface area (Å²) in [5.74, 6) is 0.786. The van der Waals surface area contributed by atoms with Crippen LogP contribution in [0.3, 0.4) is 0 Å². The molecule has 14 heavy (non-hydrogen) atoms. The fourth-order valence-electron chi connectivity index (χ4n) is 1.32. The van der Waals surface area contributed by atoms with E-state index in [1.165, 1.54) is 0 Å². The zero-order valence-electron chi connectivity index (χ0n) is 8.45. The van der Waals surface area contributed by atoms with E-state index in [1.807, 2.05) is 25.1 Å². The van der Waals surface area contributed by atoms with Crippen LogP contribution in [0.15, 0.2) is 18.2 Å². The van der Waals surface area contributed by atoms with Gasteiger partial charge in [0, 0.05) is 6.04 Å². The molecule has 0 amide bonds. The van der Waals surface area contributed by atoms with Gasteiger partial charge in [-0.15, -0.1) is 0 Å². The largest absolute Gasteiger partial charge is 0.497 e. The maximum absolute atomic E-state index is 8.53. The first-order valence-corrected chi connectivity index (χ1v) is 4.45. The Labute approximate surface area is 84.1 Å². The smallest absolute Gasteiger partial charge is 0.119 e. The summed E-state index contributed by atoms with van der Waals surface area (Å²) in [6.45, 7) is 1.98. The number of rotatable bonds is 3. The molecule has 0 spiro atoms. The topological polar surface area (TPSA) is 59.0 Å². The highest BCUT2D eigenvalue weighted by Crippen LogP contribution is 2.21. The summed E-state index contributed by atoms with van der Waals surface area (Å²) in [7, 11) is 1.62. The number of benzene rings is 1. The van der Waals surface area contributed by atoms with Gasteiger partial charge in [0.15, 0.2) is 0 Å². The fraction of sp³-hybridized carbons (Fsp3) is 0.364. The van der Waals surface area contributed by atoms with Gasteiger partial charge in [-0.05, 0) is 30.2 Å². The highest BCUT2D eigenvalue weighted by atomic mass is 16.5. The maximum Gasteiger partial charge on any atom is 0.119 e. The number of methoxy groups -OCH3 is 1. The molecule has 0 fully saturated rings. The lowest BCUT2D eigenvalue weighted by atomic mass is 10.0. The number of hydrogen-bond acceptors (Lipinski definition) is 3. The first kappa shape index (κ1) is 10.6. The summed E-state index contributed by atoms with van der Waals surface area (Å²) in [4.78, 5) is 0. The monoisotopic (exact) mass is 190 g/mol. The van der Waals surface area contributed by atoms with E-state index >= 15 is 0 Å². The molecule has 0 aliphatic heterocycles. The van der Waals surface area contributed by atoms with Crippen LogP contribution in [0.1, 0.15) is 23.6 Å². The van der Waals surface area contributed by atoms with E-state index in [2.05, 4.69) is 6.07 Å². The van der Waals surface area contributed by atoms with Crippen LogP contribution < -0.4 is 10.5 Å². The van der Waals surface area contributed by atoms with Crippen molar-refractivity contribution in [3.8, 4) is 11.8 Å². The van der Waals surface area contributed by atoms with Crippen molar-refractivity contribution in [2.24, 2.45) is 5.73 Å². The predicted octanol–water partition coefficient (Wildman–Crippen LogP) is 1.92. The van der Waals surface area contributed by atoms with Crippen LogP contribution in [0.5, 0.6) is 5.75 Å². The molecule has 3 heteroatoms. The third-order valence-corrected chi connectivity index (χ3v) is 2.05. The Bertz CT molecular complexity index is 355. The fourth-order valence-corrected chi connectivity index (χ4v) is 1.32. The predicted molar refractivity (Wildman–Crippen MR) is 54.9 cm³/mol. The van der Waals surface area contributed by atoms with Crippen molar-refractivity contribution >= 4 is 0 Å². The highest BCUT2D eigenvalue weighted by molar-refractivity contribution is 5.35. The number of hydrogen-bond donors (Lipinski definition) is 1. The molecule has 0 heterocycles. The minimum atomic E-state index is -0.228. The average Bonchev–Trinajstić information content (AvgIpc) is 2.17. The second-order valence-corrected chi connectivity index (χ2v) is 3.25. The molecular weight excluding hydrogens is 176 g/mol.